The van der Waals surface area contributed by atoms with Gasteiger partial charge in [-0.25, -0.2) is 9.18 Å². The zero-order chi connectivity index (χ0) is 21.7. The van der Waals surface area contributed by atoms with Crippen molar-refractivity contribution in [2.24, 2.45) is 11.8 Å². The van der Waals surface area contributed by atoms with Gasteiger partial charge in [-0.05, 0) is 37.0 Å². The first-order valence-electron chi connectivity index (χ1n) is 9.65. The number of esters is 1. The van der Waals surface area contributed by atoms with E-state index >= 15 is 0 Å². The van der Waals surface area contributed by atoms with Gasteiger partial charge >= 0.3 is 11.9 Å². The first-order valence-corrected chi connectivity index (χ1v) is 10.5. The van der Waals surface area contributed by atoms with Gasteiger partial charge in [-0.3, -0.25) is 9.59 Å². The SMILES string of the molecule is CCCOC(=O)c1c(-c2ccc(F)cc2)csc1NC(=O)[C@@H]1CC=CC[C@@H]1C(=O)O. The van der Waals surface area contributed by atoms with Gasteiger partial charge in [0.25, 0.3) is 0 Å². The standard InChI is InChI=1S/C22H22FNO5S/c1-2-11-29-22(28)18-17(13-7-9-14(23)10-8-13)12-30-20(18)24-19(25)15-5-3-4-6-16(15)21(26)27/h3-4,7-10,12,15-16H,2,5-6,11H2,1H3,(H,24,25)(H,26,27)/t15-,16+/m1/s1. The number of carbonyl (C=O) groups is 3. The molecule has 2 aromatic rings. The van der Waals surface area contributed by atoms with E-state index in [-0.39, 0.29) is 18.6 Å². The summed E-state index contributed by atoms with van der Waals surface area (Å²) in [6, 6.07) is 5.68. The maximum Gasteiger partial charge on any atom is 0.341 e. The Morgan fingerprint density at radius 2 is 1.83 bits per heavy atom. The average Bonchev–Trinajstić information content (AvgIpc) is 3.16. The molecule has 0 radical (unpaired) electrons. The summed E-state index contributed by atoms with van der Waals surface area (Å²) in [5, 5.41) is 14.1. The van der Waals surface area contributed by atoms with Gasteiger partial charge in [0.15, 0.2) is 0 Å². The lowest BCUT2D eigenvalue weighted by Gasteiger charge is -2.24. The number of halogens is 1. The minimum atomic E-state index is -1.03. The monoisotopic (exact) mass is 431 g/mol. The van der Waals surface area contributed by atoms with Gasteiger partial charge in [0.1, 0.15) is 16.4 Å². The van der Waals surface area contributed by atoms with E-state index in [4.69, 9.17) is 4.74 Å². The van der Waals surface area contributed by atoms with E-state index in [1.54, 1.807) is 29.7 Å². The van der Waals surface area contributed by atoms with Crippen LogP contribution in [0.4, 0.5) is 9.39 Å². The van der Waals surface area contributed by atoms with E-state index in [9.17, 15) is 23.9 Å². The van der Waals surface area contributed by atoms with Crippen LogP contribution < -0.4 is 5.32 Å². The largest absolute Gasteiger partial charge is 0.481 e. The number of anilines is 1. The van der Waals surface area contributed by atoms with Crippen molar-refractivity contribution >= 4 is 34.2 Å². The molecule has 1 aliphatic carbocycles. The Hall–Kier alpha value is -3.00. The number of allylic oxidation sites excluding steroid dienone is 2. The molecule has 3 rings (SSSR count). The molecule has 1 aromatic carbocycles. The minimum Gasteiger partial charge on any atom is -0.481 e. The quantitative estimate of drug-likeness (QED) is 0.489. The van der Waals surface area contributed by atoms with E-state index in [1.807, 2.05) is 6.92 Å². The molecule has 0 saturated carbocycles. The van der Waals surface area contributed by atoms with E-state index in [0.29, 0.717) is 29.0 Å². The summed E-state index contributed by atoms with van der Waals surface area (Å²) in [5.41, 5.74) is 1.32. The van der Waals surface area contributed by atoms with E-state index in [0.717, 1.165) is 11.3 Å². The van der Waals surface area contributed by atoms with Gasteiger partial charge in [0, 0.05) is 10.9 Å². The van der Waals surface area contributed by atoms with Gasteiger partial charge in [-0.15, -0.1) is 11.3 Å². The van der Waals surface area contributed by atoms with Crippen molar-refractivity contribution in [1.29, 1.82) is 0 Å². The summed E-state index contributed by atoms with van der Waals surface area (Å²) in [5.74, 6) is -4.02. The number of ether oxygens (including phenoxy) is 1. The van der Waals surface area contributed by atoms with Gasteiger partial charge in [0.05, 0.1) is 18.4 Å². The topological polar surface area (TPSA) is 92.7 Å². The van der Waals surface area contributed by atoms with Crippen LogP contribution >= 0.6 is 11.3 Å². The first-order chi connectivity index (χ1) is 14.4. The van der Waals surface area contributed by atoms with Crippen molar-refractivity contribution in [2.75, 3.05) is 11.9 Å². The molecule has 0 fully saturated rings. The molecule has 1 amide bonds. The van der Waals surface area contributed by atoms with Crippen molar-refractivity contribution < 1.29 is 28.6 Å². The molecule has 1 heterocycles. The number of carboxylic acid groups (broad SMARTS) is 1. The maximum absolute atomic E-state index is 13.3. The van der Waals surface area contributed by atoms with Gasteiger partial charge in [-0.2, -0.15) is 0 Å². The van der Waals surface area contributed by atoms with Crippen LogP contribution in [0, 0.1) is 17.7 Å². The van der Waals surface area contributed by atoms with E-state index in [2.05, 4.69) is 5.32 Å². The number of carboxylic acids is 1. The molecule has 1 aromatic heterocycles. The molecule has 0 saturated heterocycles. The Labute approximate surface area is 177 Å². The second-order valence-electron chi connectivity index (χ2n) is 6.98. The molecule has 6 nitrogen and oxygen atoms in total. The lowest BCUT2D eigenvalue weighted by molar-refractivity contribution is -0.146. The summed E-state index contributed by atoms with van der Waals surface area (Å²) < 4.78 is 18.6. The van der Waals surface area contributed by atoms with Crippen molar-refractivity contribution in [1.82, 2.24) is 0 Å². The summed E-state index contributed by atoms with van der Waals surface area (Å²) in [4.78, 5) is 37.1. The predicted molar refractivity (Wildman–Crippen MR) is 112 cm³/mol. The molecule has 0 bridgehead atoms. The molecular weight excluding hydrogens is 409 g/mol. The van der Waals surface area contributed by atoms with Crippen molar-refractivity contribution in [2.45, 2.75) is 26.2 Å². The fourth-order valence-corrected chi connectivity index (χ4v) is 4.30. The minimum absolute atomic E-state index is 0.187. The normalized spacial score (nSPS) is 18.1. The molecule has 0 spiro atoms. The zero-order valence-electron chi connectivity index (χ0n) is 16.4. The van der Waals surface area contributed by atoms with Crippen LogP contribution in [0.5, 0.6) is 0 Å². The Kier molecular flexibility index (Phi) is 6.99. The van der Waals surface area contributed by atoms with Crippen LogP contribution in [-0.4, -0.2) is 29.6 Å². The molecule has 2 N–H and O–H groups in total. The van der Waals surface area contributed by atoms with Crippen molar-refractivity contribution in [3.63, 3.8) is 0 Å². The van der Waals surface area contributed by atoms with Crippen LogP contribution in [0.25, 0.3) is 11.1 Å². The lowest BCUT2D eigenvalue weighted by atomic mass is 9.82. The maximum atomic E-state index is 13.3. The van der Waals surface area contributed by atoms with Crippen LogP contribution in [0.3, 0.4) is 0 Å². The van der Waals surface area contributed by atoms with E-state index < -0.39 is 35.5 Å². The highest BCUT2D eigenvalue weighted by Crippen LogP contribution is 2.37. The molecule has 1 aliphatic rings. The molecule has 158 valence electrons. The van der Waals surface area contributed by atoms with Crippen molar-refractivity contribution in [3.05, 3.63) is 53.2 Å². The summed E-state index contributed by atoms with van der Waals surface area (Å²) >= 11 is 1.15. The zero-order valence-corrected chi connectivity index (χ0v) is 17.2. The number of rotatable bonds is 7. The number of hydrogen-bond acceptors (Lipinski definition) is 5. The smallest absolute Gasteiger partial charge is 0.341 e. The second-order valence-corrected chi connectivity index (χ2v) is 7.86. The third-order valence-corrected chi connectivity index (χ3v) is 5.81. The lowest BCUT2D eigenvalue weighted by Crippen LogP contribution is -2.34. The number of aliphatic carboxylic acids is 1. The van der Waals surface area contributed by atoms with Gasteiger partial charge in [0.2, 0.25) is 5.91 Å². The second kappa shape index (κ2) is 9.67. The third-order valence-electron chi connectivity index (χ3n) is 4.91. The molecule has 0 aliphatic heterocycles. The number of carbonyl (C=O) groups excluding carboxylic acids is 2. The first kappa shape index (κ1) is 21.7. The molecule has 0 unspecified atom stereocenters. The Morgan fingerprint density at radius 3 is 2.47 bits per heavy atom. The highest BCUT2D eigenvalue weighted by atomic mass is 32.1. The number of benzene rings is 1. The third kappa shape index (κ3) is 4.76. The highest BCUT2D eigenvalue weighted by Gasteiger charge is 2.35. The molecule has 8 heteroatoms. The van der Waals surface area contributed by atoms with Crippen molar-refractivity contribution in [3.8, 4) is 11.1 Å². The number of amides is 1. The molecular formula is C22H22FNO5S. The van der Waals surface area contributed by atoms with Crippen LogP contribution in [0.15, 0.2) is 41.8 Å². The fraction of sp³-hybridized carbons (Fsp3) is 0.318. The highest BCUT2D eigenvalue weighted by molar-refractivity contribution is 7.15. The van der Waals surface area contributed by atoms with Gasteiger partial charge in [-0.1, -0.05) is 31.2 Å². The van der Waals surface area contributed by atoms with Gasteiger partial charge < -0.3 is 15.2 Å². The molecule has 30 heavy (non-hydrogen) atoms. The summed E-state index contributed by atoms with van der Waals surface area (Å²) in [6.07, 6.45) is 4.78. The number of nitrogens with one attached hydrogen (secondary N) is 1. The fourth-order valence-electron chi connectivity index (χ4n) is 3.34. The predicted octanol–water partition coefficient (Wildman–Crippen LogP) is 4.73. The average molecular weight is 431 g/mol. The Morgan fingerprint density at radius 1 is 1.17 bits per heavy atom. The van der Waals surface area contributed by atoms with Crippen LogP contribution in [0.1, 0.15) is 36.5 Å². The van der Waals surface area contributed by atoms with Crippen LogP contribution in [0.2, 0.25) is 0 Å². The number of thiophene rings is 1. The Balaban J connectivity index is 1.92. The summed E-state index contributed by atoms with van der Waals surface area (Å²) in [7, 11) is 0. The summed E-state index contributed by atoms with van der Waals surface area (Å²) in [6.45, 7) is 2.09. The Bertz CT molecular complexity index is 966. The molecule has 2 atom stereocenters. The van der Waals surface area contributed by atoms with E-state index in [1.165, 1.54) is 12.1 Å². The number of hydrogen-bond donors (Lipinski definition) is 2. The van der Waals surface area contributed by atoms with Crippen LogP contribution in [-0.2, 0) is 14.3 Å².